The number of likely N-dealkylation sites (N-methyl/N-ethyl adjacent to an activating group) is 1. The number of hydrogen-bond donors (Lipinski definition) is 1. The Bertz CT molecular complexity index is 999. The minimum Gasteiger partial charge on any atom is -0.353 e. The Morgan fingerprint density at radius 3 is 2.38 bits per heavy atom. The number of hydrazine groups is 1. The first-order valence-corrected chi connectivity index (χ1v) is 13.1. The SMILES string of the molecule is Cc1ccc(I)cc1N(CC(=O)NCCN1CCCC1)CC(=O)N(C)N1Cc2ccccc2C1. The fourth-order valence-corrected chi connectivity index (χ4v) is 5.16. The van der Waals surface area contributed by atoms with Crippen LogP contribution >= 0.6 is 22.6 Å². The van der Waals surface area contributed by atoms with Crippen LogP contribution in [0.4, 0.5) is 5.69 Å². The largest absolute Gasteiger partial charge is 0.353 e. The Labute approximate surface area is 216 Å². The van der Waals surface area contributed by atoms with Crippen LogP contribution in [-0.4, -0.2) is 73.0 Å². The fraction of sp³-hybridized carbons (Fsp3) is 0.462. The number of nitrogens with one attached hydrogen (secondary N) is 1. The van der Waals surface area contributed by atoms with E-state index in [0.29, 0.717) is 6.54 Å². The summed E-state index contributed by atoms with van der Waals surface area (Å²) in [6, 6.07) is 14.4. The van der Waals surface area contributed by atoms with Crippen LogP contribution in [0.2, 0.25) is 0 Å². The van der Waals surface area contributed by atoms with Crippen LogP contribution in [0.25, 0.3) is 0 Å². The molecule has 2 aliphatic rings. The van der Waals surface area contributed by atoms with Crippen molar-refractivity contribution in [2.45, 2.75) is 32.9 Å². The molecule has 2 aliphatic heterocycles. The summed E-state index contributed by atoms with van der Waals surface area (Å²) in [6.45, 7) is 7.51. The van der Waals surface area contributed by atoms with Crippen LogP contribution in [0.5, 0.6) is 0 Å². The zero-order valence-corrected chi connectivity index (χ0v) is 22.3. The van der Waals surface area contributed by atoms with Crippen LogP contribution in [0.15, 0.2) is 42.5 Å². The van der Waals surface area contributed by atoms with Crippen molar-refractivity contribution in [2.24, 2.45) is 0 Å². The summed E-state index contributed by atoms with van der Waals surface area (Å²) < 4.78 is 1.08. The van der Waals surface area contributed by atoms with Gasteiger partial charge in [0, 0.05) is 42.5 Å². The zero-order valence-electron chi connectivity index (χ0n) is 20.1. The molecule has 0 atom stereocenters. The molecule has 0 radical (unpaired) electrons. The third-order valence-corrected chi connectivity index (χ3v) is 7.40. The van der Waals surface area contributed by atoms with Crippen LogP contribution in [0.1, 0.15) is 29.5 Å². The van der Waals surface area contributed by atoms with Gasteiger partial charge in [0.15, 0.2) is 0 Å². The maximum atomic E-state index is 13.3. The first kappa shape index (κ1) is 24.9. The van der Waals surface area contributed by atoms with Gasteiger partial charge < -0.3 is 15.1 Å². The lowest BCUT2D eigenvalue weighted by atomic mass is 10.1. The zero-order chi connectivity index (χ0) is 24.1. The number of carbonyl (C=O) groups excluding carboxylic acids is 2. The molecular weight excluding hydrogens is 541 g/mol. The maximum Gasteiger partial charge on any atom is 0.256 e. The van der Waals surface area contributed by atoms with Gasteiger partial charge in [-0.05, 0) is 84.3 Å². The Morgan fingerprint density at radius 1 is 1.03 bits per heavy atom. The highest BCUT2D eigenvalue weighted by atomic mass is 127. The fourth-order valence-electron chi connectivity index (χ4n) is 4.69. The number of hydrogen-bond acceptors (Lipinski definition) is 5. The quantitative estimate of drug-likeness (QED) is 0.467. The topological polar surface area (TPSA) is 59.1 Å². The predicted molar refractivity (Wildman–Crippen MR) is 143 cm³/mol. The van der Waals surface area contributed by atoms with E-state index in [1.165, 1.54) is 24.0 Å². The second-order valence-electron chi connectivity index (χ2n) is 9.19. The molecule has 0 saturated carbocycles. The van der Waals surface area contributed by atoms with Gasteiger partial charge in [0.2, 0.25) is 5.91 Å². The van der Waals surface area contributed by atoms with Gasteiger partial charge in [-0.2, -0.15) is 0 Å². The van der Waals surface area contributed by atoms with Crippen molar-refractivity contribution in [1.29, 1.82) is 0 Å². The summed E-state index contributed by atoms with van der Waals surface area (Å²) in [5, 5.41) is 6.82. The third-order valence-electron chi connectivity index (χ3n) is 6.73. The van der Waals surface area contributed by atoms with Crippen molar-refractivity contribution < 1.29 is 9.59 Å². The lowest BCUT2D eigenvalue weighted by Crippen LogP contribution is -2.48. The summed E-state index contributed by atoms with van der Waals surface area (Å²) in [5.74, 6) is -0.0857. The highest BCUT2D eigenvalue weighted by Crippen LogP contribution is 2.25. The summed E-state index contributed by atoms with van der Waals surface area (Å²) in [5.41, 5.74) is 4.48. The van der Waals surface area contributed by atoms with E-state index < -0.39 is 0 Å². The Balaban J connectivity index is 1.40. The second-order valence-corrected chi connectivity index (χ2v) is 10.4. The van der Waals surface area contributed by atoms with Gasteiger partial charge >= 0.3 is 0 Å². The molecule has 182 valence electrons. The monoisotopic (exact) mass is 575 g/mol. The van der Waals surface area contributed by atoms with Gasteiger partial charge in [-0.1, -0.05) is 30.3 Å². The van der Waals surface area contributed by atoms with E-state index in [-0.39, 0.29) is 24.9 Å². The maximum absolute atomic E-state index is 13.3. The predicted octanol–water partition coefficient (Wildman–Crippen LogP) is 3.01. The molecule has 34 heavy (non-hydrogen) atoms. The lowest BCUT2D eigenvalue weighted by molar-refractivity contribution is -0.145. The van der Waals surface area contributed by atoms with Gasteiger partial charge in [0.05, 0.1) is 13.1 Å². The second kappa shape index (κ2) is 11.5. The molecule has 1 saturated heterocycles. The van der Waals surface area contributed by atoms with E-state index in [2.05, 4.69) is 49.9 Å². The highest BCUT2D eigenvalue weighted by Gasteiger charge is 2.27. The average Bonchev–Trinajstić information content (AvgIpc) is 3.49. The number of fused-ring (bicyclic) bond motifs is 1. The lowest BCUT2D eigenvalue weighted by Gasteiger charge is -2.32. The van der Waals surface area contributed by atoms with E-state index in [1.54, 1.807) is 5.01 Å². The van der Waals surface area contributed by atoms with Gasteiger partial charge in [-0.3, -0.25) is 14.6 Å². The van der Waals surface area contributed by atoms with Crippen molar-refractivity contribution in [3.05, 3.63) is 62.7 Å². The van der Waals surface area contributed by atoms with Crippen LogP contribution in [0, 0.1) is 10.5 Å². The minimum absolute atomic E-state index is 0.0315. The molecular formula is C26H34IN5O2. The number of likely N-dealkylation sites (tertiary alicyclic amines) is 1. The molecule has 0 bridgehead atoms. The Kier molecular flexibility index (Phi) is 8.44. The molecule has 1 fully saturated rings. The van der Waals surface area contributed by atoms with Crippen molar-refractivity contribution >= 4 is 40.1 Å². The summed E-state index contributed by atoms with van der Waals surface area (Å²) in [7, 11) is 1.82. The van der Waals surface area contributed by atoms with Crippen molar-refractivity contribution in [3.8, 4) is 0 Å². The molecule has 4 rings (SSSR count). The van der Waals surface area contributed by atoms with Crippen molar-refractivity contribution in [2.75, 3.05) is 51.2 Å². The van der Waals surface area contributed by atoms with Crippen LogP contribution in [0.3, 0.4) is 0 Å². The van der Waals surface area contributed by atoms with E-state index >= 15 is 0 Å². The first-order valence-electron chi connectivity index (χ1n) is 12.0. The molecule has 0 aliphatic carbocycles. The number of benzene rings is 2. The first-order chi connectivity index (χ1) is 16.4. The smallest absolute Gasteiger partial charge is 0.256 e. The number of carbonyl (C=O) groups is 2. The van der Waals surface area contributed by atoms with E-state index in [4.69, 9.17) is 0 Å². The highest BCUT2D eigenvalue weighted by molar-refractivity contribution is 14.1. The average molecular weight is 575 g/mol. The van der Waals surface area contributed by atoms with Crippen LogP contribution in [-0.2, 0) is 22.7 Å². The molecule has 7 nitrogen and oxygen atoms in total. The molecule has 0 aromatic heterocycles. The van der Waals surface area contributed by atoms with Crippen molar-refractivity contribution in [3.63, 3.8) is 0 Å². The standard InChI is InChI=1S/C26H34IN5O2/c1-20-9-10-23(27)15-24(20)31(18-25(33)28-11-14-30-12-5-6-13-30)19-26(34)29(2)32-16-21-7-3-4-8-22(21)17-32/h3-4,7-10,15H,5-6,11-14,16-19H2,1-2H3,(H,28,33). The summed E-state index contributed by atoms with van der Waals surface area (Å²) in [6.07, 6.45) is 2.48. The molecule has 8 heteroatoms. The molecule has 1 N–H and O–H groups in total. The normalized spacial score (nSPS) is 15.9. The van der Waals surface area contributed by atoms with E-state index in [0.717, 1.165) is 47.5 Å². The number of nitrogens with zero attached hydrogens (tertiary/aromatic N) is 4. The summed E-state index contributed by atoms with van der Waals surface area (Å²) >= 11 is 2.28. The van der Waals surface area contributed by atoms with Crippen LogP contribution < -0.4 is 10.2 Å². The number of halogens is 1. The summed E-state index contributed by atoms with van der Waals surface area (Å²) in [4.78, 5) is 30.5. The van der Waals surface area contributed by atoms with E-state index in [9.17, 15) is 9.59 Å². The van der Waals surface area contributed by atoms with Gasteiger partial charge in [0.25, 0.3) is 5.91 Å². The Morgan fingerprint density at radius 2 is 1.71 bits per heavy atom. The third kappa shape index (κ3) is 6.28. The van der Waals surface area contributed by atoms with E-state index in [1.807, 2.05) is 49.2 Å². The minimum atomic E-state index is -0.0542. The van der Waals surface area contributed by atoms with Crippen molar-refractivity contribution in [1.82, 2.24) is 20.2 Å². The molecule has 0 spiro atoms. The number of aryl methyl sites for hydroxylation is 1. The van der Waals surface area contributed by atoms with Gasteiger partial charge in [0.1, 0.15) is 0 Å². The number of rotatable bonds is 9. The molecule has 2 amide bonds. The molecule has 2 aromatic carbocycles. The molecule has 2 heterocycles. The van der Waals surface area contributed by atoms with Gasteiger partial charge in [-0.15, -0.1) is 0 Å². The molecule has 2 aromatic rings. The van der Waals surface area contributed by atoms with Gasteiger partial charge in [-0.25, -0.2) is 5.01 Å². The number of anilines is 1. The number of amides is 2. The molecule has 0 unspecified atom stereocenters. The Hall–Kier alpha value is -2.17.